The number of hydrogen-bond donors (Lipinski definition) is 1. The van der Waals surface area contributed by atoms with Crippen LogP contribution in [-0.2, 0) is 24.7 Å². The fourth-order valence-corrected chi connectivity index (χ4v) is 6.18. The number of rotatable bonds is 1. The zero-order chi connectivity index (χ0) is 18.1. The van der Waals surface area contributed by atoms with E-state index in [1.165, 1.54) is 34.2 Å². The highest BCUT2D eigenvalue weighted by Gasteiger charge is 2.60. The van der Waals surface area contributed by atoms with E-state index < -0.39 is 0 Å². The van der Waals surface area contributed by atoms with Gasteiger partial charge in [-0.15, -0.1) is 0 Å². The summed E-state index contributed by atoms with van der Waals surface area (Å²) in [6.07, 6.45) is 4.51. The van der Waals surface area contributed by atoms with E-state index in [1.54, 1.807) is 7.11 Å². The minimum absolute atomic E-state index is 0.185. The lowest BCUT2D eigenvalue weighted by Gasteiger charge is -2.53. The van der Waals surface area contributed by atoms with Gasteiger partial charge in [0.1, 0.15) is 5.75 Å². The summed E-state index contributed by atoms with van der Waals surface area (Å²) in [7, 11) is 1.77. The van der Waals surface area contributed by atoms with Gasteiger partial charge in [0, 0.05) is 34.9 Å². The molecule has 6 rings (SSSR count). The predicted octanol–water partition coefficient (Wildman–Crippen LogP) is 3.82. The predicted molar refractivity (Wildman–Crippen MR) is 107 cm³/mol. The number of benzene rings is 2. The van der Waals surface area contributed by atoms with Crippen LogP contribution in [0.25, 0.3) is 10.9 Å². The zero-order valence-corrected chi connectivity index (χ0v) is 15.7. The third-order valence-electron chi connectivity index (χ3n) is 7.46. The SMILES string of the molecule is COc1ccc2c(c1)C13CCNCC1(C2)Cc1cc2ccccc2nc1C3. The molecule has 2 atom stereocenters. The van der Waals surface area contributed by atoms with Crippen molar-refractivity contribution in [2.24, 2.45) is 5.41 Å². The molecule has 1 fully saturated rings. The normalized spacial score (nSPS) is 28.2. The maximum Gasteiger partial charge on any atom is 0.119 e. The number of nitrogens with zero attached hydrogens (tertiary/aromatic N) is 1. The molecule has 1 saturated heterocycles. The molecule has 3 heteroatoms. The third-order valence-corrected chi connectivity index (χ3v) is 7.46. The van der Waals surface area contributed by atoms with Crippen LogP contribution in [0.3, 0.4) is 0 Å². The van der Waals surface area contributed by atoms with Gasteiger partial charge in [0.05, 0.1) is 12.6 Å². The molecule has 1 aliphatic heterocycles. The second-order valence-corrected chi connectivity index (χ2v) is 8.63. The topological polar surface area (TPSA) is 34.1 Å². The molecular formula is C24H24N2O. The van der Waals surface area contributed by atoms with E-state index in [0.717, 1.165) is 43.6 Å². The van der Waals surface area contributed by atoms with Gasteiger partial charge >= 0.3 is 0 Å². The number of hydrogen-bond acceptors (Lipinski definition) is 3. The molecular weight excluding hydrogens is 332 g/mol. The minimum atomic E-state index is 0.185. The summed E-state index contributed by atoms with van der Waals surface area (Å²) >= 11 is 0. The van der Waals surface area contributed by atoms with Crippen molar-refractivity contribution in [3.05, 3.63) is 70.9 Å². The van der Waals surface area contributed by atoms with Crippen LogP contribution in [0.15, 0.2) is 48.5 Å². The van der Waals surface area contributed by atoms with Gasteiger partial charge in [-0.25, -0.2) is 0 Å². The summed E-state index contributed by atoms with van der Waals surface area (Å²) in [6, 6.07) is 17.7. The molecule has 0 radical (unpaired) electrons. The lowest BCUT2D eigenvalue weighted by molar-refractivity contribution is 0.0765. The van der Waals surface area contributed by atoms with Crippen molar-refractivity contribution >= 4 is 10.9 Å². The van der Waals surface area contributed by atoms with Gasteiger partial charge in [-0.1, -0.05) is 24.3 Å². The van der Waals surface area contributed by atoms with Crippen molar-refractivity contribution in [1.29, 1.82) is 0 Å². The van der Waals surface area contributed by atoms with Crippen molar-refractivity contribution < 1.29 is 4.74 Å². The molecule has 2 heterocycles. The van der Waals surface area contributed by atoms with E-state index in [-0.39, 0.29) is 10.8 Å². The second kappa shape index (κ2) is 5.32. The highest BCUT2D eigenvalue weighted by Crippen LogP contribution is 2.61. The van der Waals surface area contributed by atoms with Crippen molar-refractivity contribution in [2.75, 3.05) is 20.2 Å². The first kappa shape index (κ1) is 15.6. The van der Waals surface area contributed by atoms with E-state index in [1.807, 2.05) is 0 Å². The molecule has 0 amide bonds. The van der Waals surface area contributed by atoms with Crippen LogP contribution < -0.4 is 10.1 Å². The molecule has 27 heavy (non-hydrogen) atoms. The first-order chi connectivity index (χ1) is 13.2. The molecule has 1 aromatic heterocycles. The Morgan fingerprint density at radius 2 is 1.89 bits per heavy atom. The van der Waals surface area contributed by atoms with Crippen LogP contribution in [0.5, 0.6) is 5.75 Å². The van der Waals surface area contributed by atoms with Crippen LogP contribution in [-0.4, -0.2) is 25.2 Å². The number of aromatic nitrogens is 1. The van der Waals surface area contributed by atoms with Gasteiger partial charge in [0.2, 0.25) is 0 Å². The van der Waals surface area contributed by atoms with Crippen LogP contribution in [0.2, 0.25) is 0 Å². The summed E-state index contributed by atoms with van der Waals surface area (Å²) < 4.78 is 5.59. The largest absolute Gasteiger partial charge is 0.497 e. The fraction of sp³-hybridized carbons (Fsp3) is 0.375. The number of methoxy groups -OCH3 is 1. The summed E-state index contributed by atoms with van der Waals surface area (Å²) in [5, 5.41) is 4.99. The number of fused-ring (bicyclic) bond motifs is 3. The molecule has 136 valence electrons. The average Bonchev–Trinajstić information content (AvgIpc) is 2.99. The minimum Gasteiger partial charge on any atom is -0.497 e. The van der Waals surface area contributed by atoms with Crippen molar-refractivity contribution in [3.8, 4) is 5.75 Å². The number of nitrogens with one attached hydrogen (secondary N) is 1. The summed E-state index contributed by atoms with van der Waals surface area (Å²) in [5.74, 6) is 0.981. The Balaban J connectivity index is 1.58. The van der Waals surface area contributed by atoms with Gasteiger partial charge in [0.15, 0.2) is 0 Å². The first-order valence-electron chi connectivity index (χ1n) is 9.99. The van der Waals surface area contributed by atoms with Crippen molar-refractivity contribution in [3.63, 3.8) is 0 Å². The Hall–Kier alpha value is -2.39. The van der Waals surface area contributed by atoms with Crippen molar-refractivity contribution in [2.45, 2.75) is 31.1 Å². The molecule has 3 aromatic rings. The molecule has 3 nitrogen and oxygen atoms in total. The summed E-state index contributed by atoms with van der Waals surface area (Å²) in [5.41, 5.74) is 7.36. The van der Waals surface area contributed by atoms with Crippen LogP contribution in [0.4, 0.5) is 0 Å². The highest BCUT2D eigenvalue weighted by atomic mass is 16.5. The lowest BCUT2D eigenvalue weighted by atomic mass is 9.53. The monoisotopic (exact) mass is 356 g/mol. The summed E-state index contributed by atoms with van der Waals surface area (Å²) in [4.78, 5) is 5.12. The molecule has 2 aromatic carbocycles. The quantitative estimate of drug-likeness (QED) is 0.720. The smallest absolute Gasteiger partial charge is 0.119 e. The standard InChI is InChI=1S/C24H24N2O/c1-27-19-7-6-17-12-23-13-18-10-16-4-2-3-5-21(16)26-22(18)14-24(23,20(17)11-19)8-9-25-15-23/h2-7,10-11,25H,8-9,12-15H2,1H3. The highest BCUT2D eigenvalue weighted by molar-refractivity contribution is 5.79. The molecule has 1 N–H and O–H groups in total. The zero-order valence-electron chi connectivity index (χ0n) is 15.7. The maximum absolute atomic E-state index is 5.59. The summed E-state index contributed by atoms with van der Waals surface area (Å²) in [6.45, 7) is 2.18. The lowest BCUT2D eigenvalue weighted by Crippen LogP contribution is -2.59. The fourth-order valence-electron chi connectivity index (χ4n) is 6.18. The van der Waals surface area contributed by atoms with Crippen LogP contribution in [0.1, 0.15) is 28.8 Å². The Morgan fingerprint density at radius 1 is 1.00 bits per heavy atom. The van der Waals surface area contributed by atoms with Gasteiger partial charge in [0.25, 0.3) is 0 Å². The Bertz CT molecular complexity index is 1080. The molecule has 2 aliphatic carbocycles. The number of pyridine rings is 1. The molecule has 0 bridgehead atoms. The number of piperidine rings is 1. The van der Waals surface area contributed by atoms with Gasteiger partial charge in [-0.2, -0.15) is 0 Å². The van der Waals surface area contributed by atoms with Gasteiger partial charge in [-0.05, 0) is 66.8 Å². The van der Waals surface area contributed by atoms with E-state index in [4.69, 9.17) is 9.72 Å². The van der Waals surface area contributed by atoms with E-state index in [9.17, 15) is 0 Å². The Morgan fingerprint density at radius 3 is 2.81 bits per heavy atom. The number of ether oxygens (including phenoxy) is 1. The van der Waals surface area contributed by atoms with Crippen LogP contribution >= 0.6 is 0 Å². The van der Waals surface area contributed by atoms with Crippen LogP contribution in [0, 0.1) is 5.41 Å². The molecule has 2 unspecified atom stereocenters. The Labute approximate surface area is 159 Å². The average molecular weight is 356 g/mol. The molecule has 0 spiro atoms. The molecule has 0 saturated carbocycles. The first-order valence-corrected chi connectivity index (χ1v) is 9.99. The number of para-hydroxylation sites is 1. The molecule has 3 aliphatic rings. The van der Waals surface area contributed by atoms with Crippen molar-refractivity contribution in [1.82, 2.24) is 10.3 Å². The van der Waals surface area contributed by atoms with E-state index >= 15 is 0 Å². The van der Waals surface area contributed by atoms with Gasteiger partial charge < -0.3 is 10.1 Å². The van der Waals surface area contributed by atoms with E-state index in [2.05, 4.69) is 53.8 Å². The Kier molecular flexibility index (Phi) is 3.09. The van der Waals surface area contributed by atoms with E-state index in [0.29, 0.717) is 0 Å². The maximum atomic E-state index is 5.59. The van der Waals surface area contributed by atoms with Gasteiger partial charge in [-0.3, -0.25) is 4.98 Å². The second-order valence-electron chi connectivity index (χ2n) is 8.63. The third kappa shape index (κ3) is 1.98.